The highest BCUT2D eigenvalue weighted by Gasteiger charge is 2.09. The van der Waals surface area contributed by atoms with Gasteiger partial charge < -0.3 is 4.57 Å². The molecule has 0 spiro atoms. The summed E-state index contributed by atoms with van der Waals surface area (Å²) < 4.78 is 3.20. The fourth-order valence-electron chi connectivity index (χ4n) is 2.32. The summed E-state index contributed by atoms with van der Waals surface area (Å²) in [5, 5.41) is 0. The van der Waals surface area contributed by atoms with Gasteiger partial charge in [0, 0.05) is 17.1 Å². The Morgan fingerprint density at radius 1 is 1.11 bits per heavy atom. The van der Waals surface area contributed by atoms with Crippen molar-refractivity contribution >= 4 is 27.0 Å². The van der Waals surface area contributed by atoms with Crippen molar-refractivity contribution in [2.45, 2.75) is 13.3 Å². The Morgan fingerprint density at radius 3 is 2.53 bits per heavy atom. The average Bonchev–Trinajstić information content (AvgIpc) is 2.75. The van der Waals surface area contributed by atoms with E-state index in [4.69, 9.17) is 4.98 Å². The van der Waals surface area contributed by atoms with Crippen molar-refractivity contribution < 1.29 is 0 Å². The fourth-order valence-corrected chi connectivity index (χ4v) is 2.67. The van der Waals surface area contributed by atoms with Crippen LogP contribution in [0.3, 0.4) is 0 Å². The van der Waals surface area contributed by atoms with E-state index < -0.39 is 0 Å². The predicted octanol–water partition coefficient (Wildman–Crippen LogP) is 4.57. The van der Waals surface area contributed by atoms with Gasteiger partial charge in [-0.25, -0.2) is 4.98 Å². The van der Waals surface area contributed by atoms with Gasteiger partial charge in [0.05, 0.1) is 11.0 Å². The first-order valence-corrected chi connectivity index (χ1v) is 7.19. The molecule has 3 heteroatoms. The van der Waals surface area contributed by atoms with Crippen molar-refractivity contribution in [3.63, 3.8) is 0 Å². The van der Waals surface area contributed by atoms with Crippen LogP contribution in [0, 0.1) is 0 Å². The van der Waals surface area contributed by atoms with Crippen LogP contribution in [0.1, 0.15) is 12.5 Å². The lowest BCUT2D eigenvalue weighted by atomic mass is 10.1. The summed E-state index contributed by atoms with van der Waals surface area (Å²) in [6, 6.07) is 14.8. The quantitative estimate of drug-likeness (QED) is 0.677. The standard InChI is InChI=1S/C16H15BrN2/c1-3-11-4-6-12(7-5-11)16-18-14-10-13(17)8-9-15(14)19(16)2/h4-10H,3H2,1-2H3. The molecule has 0 bridgehead atoms. The van der Waals surface area contributed by atoms with Crippen LogP contribution in [0.5, 0.6) is 0 Å². The summed E-state index contributed by atoms with van der Waals surface area (Å²) >= 11 is 3.49. The van der Waals surface area contributed by atoms with Crippen LogP contribution in [-0.2, 0) is 13.5 Å². The minimum atomic E-state index is 1.01. The Bertz CT molecular complexity index is 726. The zero-order valence-corrected chi connectivity index (χ0v) is 12.6. The zero-order chi connectivity index (χ0) is 13.4. The second kappa shape index (κ2) is 4.82. The smallest absolute Gasteiger partial charge is 0.140 e. The Hall–Kier alpha value is -1.61. The van der Waals surface area contributed by atoms with E-state index in [1.54, 1.807) is 0 Å². The Labute approximate surface area is 121 Å². The molecule has 3 aromatic rings. The largest absolute Gasteiger partial charge is 0.327 e. The van der Waals surface area contributed by atoms with E-state index >= 15 is 0 Å². The van der Waals surface area contributed by atoms with E-state index in [1.165, 1.54) is 5.56 Å². The van der Waals surface area contributed by atoms with E-state index in [2.05, 4.69) is 70.9 Å². The van der Waals surface area contributed by atoms with Crippen molar-refractivity contribution in [2.24, 2.45) is 7.05 Å². The number of halogens is 1. The highest BCUT2D eigenvalue weighted by molar-refractivity contribution is 9.10. The third-order valence-corrected chi connectivity index (χ3v) is 3.96. The van der Waals surface area contributed by atoms with Crippen molar-refractivity contribution in [2.75, 3.05) is 0 Å². The lowest BCUT2D eigenvalue weighted by Gasteiger charge is -2.03. The summed E-state index contributed by atoms with van der Waals surface area (Å²) in [5.41, 5.74) is 4.68. The van der Waals surface area contributed by atoms with Gasteiger partial charge in [-0.1, -0.05) is 47.1 Å². The summed E-state index contributed by atoms with van der Waals surface area (Å²) in [7, 11) is 2.06. The molecular formula is C16H15BrN2. The van der Waals surface area contributed by atoms with Crippen LogP contribution in [0.15, 0.2) is 46.9 Å². The number of hydrogen-bond donors (Lipinski definition) is 0. The molecule has 0 unspecified atom stereocenters. The number of nitrogens with zero attached hydrogens (tertiary/aromatic N) is 2. The van der Waals surface area contributed by atoms with Gasteiger partial charge in [-0.2, -0.15) is 0 Å². The molecule has 0 radical (unpaired) electrons. The molecule has 0 N–H and O–H groups in total. The highest BCUT2D eigenvalue weighted by Crippen LogP contribution is 2.26. The molecular weight excluding hydrogens is 300 g/mol. The first-order chi connectivity index (χ1) is 9.19. The van der Waals surface area contributed by atoms with Gasteiger partial charge >= 0.3 is 0 Å². The van der Waals surface area contributed by atoms with Crippen molar-refractivity contribution in [3.8, 4) is 11.4 Å². The van der Waals surface area contributed by atoms with Crippen molar-refractivity contribution in [1.82, 2.24) is 9.55 Å². The van der Waals surface area contributed by atoms with Crippen LogP contribution in [0.4, 0.5) is 0 Å². The number of aromatic nitrogens is 2. The van der Waals surface area contributed by atoms with Crippen LogP contribution < -0.4 is 0 Å². The molecule has 2 aromatic carbocycles. The Morgan fingerprint density at radius 2 is 1.84 bits per heavy atom. The average molecular weight is 315 g/mol. The maximum Gasteiger partial charge on any atom is 0.140 e. The van der Waals surface area contributed by atoms with Gasteiger partial charge in [-0.3, -0.25) is 0 Å². The van der Waals surface area contributed by atoms with Gasteiger partial charge in [0.1, 0.15) is 5.82 Å². The number of rotatable bonds is 2. The molecule has 3 rings (SSSR count). The molecule has 0 amide bonds. The summed E-state index contributed by atoms with van der Waals surface area (Å²) in [6.45, 7) is 2.17. The zero-order valence-electron chi connectivity index (χ0n) is 11.0. The SMILES string of the molecule is CCc1ccc(-c2nc3cc(Br)ccc3n2C)cc1. The minimum absolute atomic E-state index is 1.01. The summed E-state index contributed by atoms with van der Waals surface area (Å²) in [4.78, 5) is 4.73. The van der Waals surface area contributed by atoms with Crippen LogP contribution in [0.2, 0.25) is 0 Å². The number of benzene rings is 2. The Balaban J connectivity index is 2.15. The normalized spacial score (nSPS) is 11.1. The van der Waals surface area contributed by atoms with Crippen molar-refractivity contribution in [1.29, 1.82) is 0 Å². The van der Waals surface area contributed by atoms with Gasteiger partial charge in [0.2, 0.25) is 0 Å². The molecule has 96 valence electrons. The molecule has 1 aromatic heterocycles. The van der Waals surface area contributed by atoms with Gasteiger partial charge in [0.15, 0.2) is 0 Å². The minimum Gasteiger partial charge on any atom is -0.327 e. The van der Waals surface area contributed by atoms with E-state index in [9.17, 15) is 0 Å². The lowest BCUT2D eigenvalue weighted by molar-refractivity contribution is 0.959. The van der Waals surface area contributed by atoms with Gasteiger partial charge in [-0.15, -0.1) is 0 Å². The molecule has 0 saturated heterocycles. The third kappa shape index (κ3) is 2.19. The number of aryl methyl sites for hydroxylation is 2. The van der Waals surface area contributed by atoms with E-state index in [1.807, 2.05) is 6.07 Å². The molecule has 0 saturated carbocycles. The first kappa shape index (κ1) is 12.4. The van der Waals surface area contributed by atoms with E-state index in [-0.39, 0.29) is 0 Å². The molecule has 2 nitrogen and oxygen atoms in total. The first-order valence-electron chi connectivity index (χ1n) is 6.40. The fraction of sp³-hybridized carbons (Fsp3) is 0.188. The number of imidazole rings is 1. The second-order valence-corrected chi connectivity index (χ2v) is 5.59. The van der Waals surface area contributed by atoms with Gasteiger partial charge in [-0.05, 0) is 30.2 Å². The van der Waals surface area contributed by atoms with Crippen LogP contribution in [-0.4, -0.2) is 9.55 Å². The number of hydrogen-bond acceptors (Lipinski definition) is 1. The third-order valence-electron chi connectivity index (χ3n) is 3.46. The maximum atomic E-state index is 4.73. The second-order valence-electron chi connectivity index (χ2n) is 4.68. The topological polar surface area (TPSA) is 17.8 Å². The monoisotopic (exact) mass is 314 g/mol. The number of fused-ring (bicyclic) bond motifs is 1. The Kier molecular flexibility index (Phi) is 3.15. The van der Waals surface area contributed by atoms with Crippen LogP contribution >= 0.6 is 15.9 Å². The maximum absolute atomic E-state index is 4.73. The predicted molar refractivity (Wildman–Crippen MR) is 83.2 cm³/mol. The molecule has 0 atom stereocenters. The lowest BCUT2D eigenvalue weighted by Crippen LogP contribution is -1.92. The van der Waals surface area contributed by atoms with Crippen molar-refractivity contribution in [3.05, 3.63) is 52.5 Å². The summed E-state index contributed by atoms with van der Waals surface area (Å²) in [5.74, 6) is 1.01. The van der Waals surface area contributed by atoms with E-state index in [0.29, 0.717) is 0 Å². The molecule has 1 heterocycles. The summed E-state index contributed by atoms with van der Waals surface area (Å²) in [6.07, 6.45) is 1.07. The van der Waals surface area contributed by atoms with E-state index in [0.717, 1.165) is 33.3 Å². The molecule has 19 heavy (non-hydrogen) atoms. The molecule has 0 aliphatic carbocycles. The molecule has 0 aliphatic heterocycles. The van der Waals surface area contributed by atoms with Gasteiger partial charge in [0.25, 0.3) is 0 Å². The molecule has 0 aliphatic rings. The van der Waals surface area contributed by atoms with Crippen LogP contribution in [0.25, 0.3) is 22.4 Å². The highest BCUT2D eigenvalue weighted by atomic mass is 79.9. The molecule has 0 fully saturated rings.